The molecule has 1 amide bonds. The van der Waals surface area contributed by atoms with Gasteiger partial charge >= 0.3 is 5.97 Å². The van der Waals surface area contributed by atoms with Gasteiger partial charge in [0.2, 0.25) is 0 Å². The first-order valence-electron chi connectivity index (χ1n) is 4.62. The summed E-state index contributed by atoms with van der Waals surface area (Å²) in [7, 11) is 4.69. The molecule has 4 nitrogen and oxygen atoms in total. The topological polar surface area (TPSA) is 46.6 Å². The van der Waals surface area contributed by atoms with Crippen LogP contribution >= 0.6 is 11.8 Å². The molecule has 0 N–H and O–H groups in total. The lowest BCUT2D eigenvalue weighted by Gasteiger charge is -2.09. The third-order valence-electron chi connectivity index (χ3n) is 1.83. The molecule has 0 saturated carbocycles. The molecule has 0 aromatic heterocycles. The SMILES string of the molecule is COC(=O)c1cccc(SC(=O)N(C)C)c1. The molecule has 0 atom stereocenters. The van der Waals surface area contributed by atoms with Gasteiger partial charge in [0.15, 0.2) is 0 Å². The summed E-state index contributed by atoms with van der Waals surface area (Å²) in [5.41, 5.74) is 0.444. The largest absolute Gasteiger partial charge is 0.465 e. The Hall–Kier alpha value is -1.49. The molecule has 0 bridgehead atoms. The maximum atomic E-state index is 11.4. The lowest BCUT2D eigenvalue weighted by Crippen LogP contribution is -2.16. The monoisotopic (exact) mass is 239 g/mol. The summed E-state index contributed by atoms with van der Waals surface area (Å²) >= 11 is 1.07. The number of methoxy groups -OCH3 is 1. The second-order valence-electron chi connectivity index (χ2n) is 3.28. The normalized spacial score (nSPS) is 9.69. The zero-order valence-corrected chi connectivity index (χ0v) is 10.2. The Morgan fingerprint density at radius 1 is 1.31 bits per heavy atom. The number of rotatable bonds is 2. The summed E-state index contributed by atoms with van der Waals surface area (Å²) < 4.78 is 4.60. The van der Waals surface area contributed by atoms with E-state index >= 15 is 0 Å². The van der Waals surface area contributed by atoms with Gasteiger partial charge in [-0.1, -0.05) is 6.07 Å². The number of esters is 1. The fraction of sp³-hybridized carbons (Fsp3) is 0.273. The smallest absolute Gasteiger partial charge is 0.337 e. The molecular weight excluding hydrogens is 226 g/mol. The fourth-order valence-electron chi connectivity index (χ4n) is 0.997. The summed E-state index contributed by atoms with van der Waals surface area (Å²) in [5.74, 6) is -0.403. The van der Waals surface area contributed by atoms with Crippen LogP contribution in [0.5, 0.6) is 0 Å². The van der Waals surface area contributed by atoms with E-state index in [9.17, 15) is 9.59 Å². The summed E-state index contributed by atoms with van der Waals surface area (Å²) in [6.45, 7) is 0. The molecule has 0 unspecified atom stereocenters. The number of hydrogen-bond acceptors (Lipinski definition) is 4. The summed E-state index contributed by atoms with van der Waals surface area (Å²) in [6, 6.07) is 6.78. The molecule has 86 valence electrons. The highest BCUT2D eigenvalue weighted by Crippen LogP contribution is 2.21. The first kappa shape index (κ1) is 12.6. The van der Waals surface area contributed by atoms with E-state index in [0.29, 0.717) is 5.56 Å². The predicted molar refractivity (Wildman–Crippen MR) is 62.7 cm³/mol. The first-order chi connectivity index (χ1) is 7.54. The van der Waals surface area contributed by atoms with E-state index in [2.05, 4.69) is 4.74 Å². The second-order valence-corrected chi connectivity index (χ2v) is 4.31. The van der Waals surface area contributed by atoms with E-state index in [1.54, 1.807) is 38.4 Å². The molecule has 5 heteroatoms. The molecule has 1 aromatic carbocycles. The molecule has 1 aromatic rings. The highest BCUT2D eigenvalue weighted by molar-refractivity contribution is 8.13. The molecule has 0 saturated heterocycles. The van der Waals surface area contributed by atoms with Crippen LogP contribution in [0.15, 0.2) is 29.2 Å². The second kappa shape index (κ2) is 5.55. The fourth-order valence-corrected chi connectivity index (χ4v) is 1.71. The van der Waals surface area contributed by atoms with E-state index in [4.69, 9.17) is 0 Å². The quantitative estimate of drug-likeness (QED) is 0.586. The Morgan fingerprint density at radius 2 is 2.00 bits per heavy atom. The van der Waals surface area contributed by atoms with Crippen LogP contribution in [0.1, 0.15) is 10.4 Å². The highest BCUT2D eigenvalue weighted by Gasteiger charge is 2.10. The number of amides is 1. The van der Waals surface area contributed by atoms with Crippen LogP contribution < -0.4 is 0 Å². The Labute approximate surface area is 98.6 Å². The zero-order valence-electron chi connectivity index (χ0n) is 9.39. The molecule has 0 heterocycles. The van der Waals surface area contributed by atoms with E-state index < -0.39 is 5.97 Å². The van der Waals surface area contributed by atoms with Gasteiger partial charge in [-0.2, -0.15) is 0 Å². The summed E-state index contributed by atoms with van der Waals surface area (Å²) in [6.07, 6.45) is 0. The van der Waals surface area contributed by atoms with Gasteiger partial charge in [-0.15, -0.1) is 0 Å². The van der Waals surface area contributed by atoms with E-state index in [-0.39, 0.29) is 5.24 Å². The lowest BCUT2D eigenvalue weighted by molar-refractivity contribution is 0.0600. The van der Waals surface area contributed by atoms with Gasteiger partial charge in [0.25, 0.3) is 5.24 Å². The van der Waals surface area contributed by atoms with Crippen molar-refractivity contribution in [2.45, 2.75) is 4.90 Å². The van der Waals surface area contributed by atoms with Gasteiger partial charge in [-0.05, 0) is 30.0 Å². The Kier molecular flexibility index (Phi) is 4.37. The van der Waals surface area contributed by atoms with Crippen LogP contribution in [0.25, 0.3) is 0 Å². The predicted octanol–water partition coefficient (Wildman–Crippen LogP) is 2.25. The highest BCUT2D eigenvalue weighted by atomic mass is 32.2. The number of nitrogens with zero attached hydrogens (tertiary/aromatic N) is 1. The van der Waals surface area contributed by atoms with Gasteiger partial charge < -0.3 is 9.64 Å². The van der Waals surface area contributed by atoms with Crippen molar-refractivity contribution in [3.8, 4) is 0 Å². The Balaban J connectivity index is 2.83. The standard InChI is InChI=1S/C11H13NO3S/c1-12(2)11(14)16-9-6-4-5-8(7-9)10(13)15-3/h4-7H,1-3H3. The van der Waals surface area contributed by atoms with Crippen LogP contribution in [0, 0.1) is 0 Å². The maximum Gasteiger partial charge on any atom is 0.337 e. The summed E-state index contributed by atoms with van der Waals surface area (Å²) in [5, 5.41) is -0.0815. The van der Waals surface area contributed by atoms with E-state index in [1.807, 2.05) is 0 Å². The number of thioether (sulfide) groups is 1. The zero-order chi connectivity index (χ0) is 12.1. The van der Waals surface area contributed by atoms with Crippen LogP contribution in [0.2, 0.25) is 0 Å². The number of carbonyl (C=O) groups excluding carboxylic acids is 2. The van der Waals surface area contributed by atoms with E-state index in [0.717, 1.165) is 16.7 Å². The minimum atomic E-state index is -0.403. The van der Waals surface area contributed by atoms with Crippen molar-refractivity contribution >= 4 is 23.0 Å². The minimum Gasteiger partial charge on any atom is -0.465 e. The van der Waals surface area contributed by atoms with Crippen molar-refractivity contribution < 1.29 is 14.3 Å². The first-order valence-corrected chi connectivity index (χ1v) is 5.43. The molecule has 0 spiro atoms. The molecule has 16 heavy (non-hydrogen) atoms. The van der Waals surface area contributed by atoms with Gasteiger partial charge in [0.1, 0.15) is 0 Å². The average molecular weight is 239 g/mol. The van der Waals surface area contributed by atoms with Gasteiger partial charge in [0.05, 0.1) is 12.7 Å². The average Bonchev–Trinajstić information content (AvgIpc) is 2.28. The minimum absolute atomic E-state index is 0.0815. The number of hydrogen-bond donors (Lipinski definition) is 0. The number of ether oxygens (including phenoxy) is 1. The molecule has 0 radical (unpaired) electrons. The molecule has 1 rings (SSSR count). The van der Waals surface area contributed by atoms with Crippen molar-refractivity contribution in [2.75, 3.05) is 21.2 Å². The van der Waals surface area contributed by atoms with Crippen LogP contribution in [0.4, 0.5) is 4.79 Å². The van der Waals surface area contributed by atoms with Gasteiger partial charge in [0, 0.05) is 19.0 Å². The van der Waals surface area contributed by atoms with Gasteiger partial charge in [-0.3, -0.25) is 4.79 Å². The molecule has 0 aliphatic heterocycles. The van der Waals surface area contributed by atoms with Crippen LogP contribution in [0.3, 0.4) is 0 Å². The molecular formula is C11H13NO3S. The van der Waals surface area contributed by atoms with Crippen molar-refractivity contribution in [1.82, 2.24) is 4.90 Å². The van der Waals surface area contributed by atoms with Crippen molar-refractivity contribution in [3.63, 3.8) is 0 Å². The molecule has 0 aliphatic rings. The number of benzene rings is 1. The van der Waals surface area contributed by atoms with Crippen LogP contribution in [-0.2, 0) is 4.74 Å². The van der Waals surface area contributed by atoms with Gasteiger partial charge in [-0.25, -0.2) is 4.79 Å². The van der Waals surface area contributed by atoms with E-state index in [1.165, 1.54) is 12.0 Å². The third-order valence-corrected chi connectivity index (χ3v) is 2.85. The molecule has 0 aliphatic carbocycles. The number of carbonyl (C=O) groups is 2. The maximum absolute atomic E-state index is 11.4. The van der Waals surface area contributed by atoms with Crippen LogP contribution in [-0.4, -0.2) is 37.3 Å². The Bertz CT molecular complexity index is 404. The third kappa shape index (κ3) is 3.27. The Morgan fingerprint density at radius 3 is 2.56 bits per heavy atom. The summed E-state index contributed by atoms with van der Waals surface area (Å²) in [4.78, 5) is 24.9. The molecule has 0 fully saturated rings. The lowest BCUT2D eigenvalue weighted by atomic mass is 10.2. The van der Waals surface area contributed by atoms with Crippen molar-refractivity contribution in [1.29, 1.82) is 0 Å². The van der Waals surface area contributed by atoms with Crippen molar-refractivity contribution in [2.24, 2.45) is 0 Å². The van der Waals surface area contributed by atoms with Crippen molar-refractivity contribution in [3.05, 3.63) is 29.8 Å².